The van der Waals surface area contributed by atoms with E-state index < -0.39 is 70.7 Å². The van der Waals surface area contributed by atoms with Crippen molar-refractivity contribution >= 4 is 36.6 Å². The summed E-state index contributed by atoms with van der Waals surface area (Å²) >= 11 is 0. The van der Waals surface area contributed by atoms with Gasteiger partial charge in [0, 0.05) is 5.41 Å². The largest absolute Gasteiger partial charge is 0.478 e. The van der Waals surface area contributed by atoms with Gasteiger partial charge < -0.3 is 40.9 Å². The Morgan fingerprint density at radius 1 is 0.853 bits per heavy atom. The van der Waals surface area contributed by atoms with Crippen LogP contribution in [0.2, 0.25) is 0 Å². The molecule has 0 saturated carbocycles. The molecule has 4 atom stereocenters. The summed E-state index contributed by atoms with van der Waals surface area (Å²) in [7, 11) is -19.8. The molecule has 0 heterocycles. The highest BCUT2D eigenvalue weighted by Gasteiger charge is 2.79. The summed E-state index contributed by atoms with van der Waals surface area (Å²) in [5, 5.41) is 72.1. The average Bonchev–Trinajstić information content (AvgIpc) is 2.70. The maximum atomic E-state index is 11.4. The Hall–Kier alpha value is -1.12. The summed E-state index contributed by atoms with van der Waals surface area (Å²) in [4.78, 5) is 0.510. The summed E-state index contributed by atoms with van der Waals surface area (Å²) in [6, 6.07) is 0. The van der Waals surface area contributed by atoms with Crippen molar-refractivity contribution in [2.45, 2.75) is 35.4 Å². The first kappa shape index (κ1) is 35.0. The van der Waals surface area contributed by atoms with E-state index in [2.05, 4.69) is 4.18 Å². The molecule has 0 aliphatic rings. The minimum Gasteiger partial charge on any atom is -0.478 e. The van der Waals surface area contributed by atoms with Crippen LogP contribution in [0, 0.1) is 5.41 Å². The molecule has 0 aromatic heterocycles. The summed E-state index contributed by atoms with van der Waals surface area (Å²) in [5.41, 5.74) is -0.667. The molecule has 0 radical (unpaired) electrons. The van der Waals surface area contributed by atoms with Gasteiger partial charge in [-0.05, 0) is 6.42 Å². The van der Waals surface area contributed by atoms with Crippen LogP contribution in [0.5, 0.6) is 0 Å². The highest BCUT2D eigenvalue weighted by molar-refractivity contribution is 7.92. The van der Waals surface area contributed by atoms with E-state index in [4.69, 9.17) is 44.3 Å². The van der Waals surface area contributed by atoms with Crippen molar-refractivity contribution in [1.82, 2.24) is 0 Å². The van der Waals surface area contributed by atoms with Gasteiger partial charge in [-0.2, -0.15) is 25.3 Å². The molecule has 0 aromatic rings. The van der Waals surface area contributed by atoms with E-state index in [9.17, 15) is 40.3 Å². The molecule has 206 valence electrons. The number of aliphatic hydroxyl groups excluding tert-OH is 6. The van der Waals surface area contributed by atoms with Gasteiger partial charge in [0.15, 0.2) is 0 Å². The van der Waals surface area contributed by atoms with Gasteiger partial charge in [-0.25, -0.2) is 8.98 Å². The van der Waals surface area contributed by atoms with E-state index in [1.807, 2.05) is 6.92 Å². The lowest BCUT2D eigenvalue weighted by molar-refractivity contribution is -0.180. The van der Waals surface area contributed by atoms with Gasteiger partial charge in [-0.1, -0.05) is 6.92 Å². The zero-order chi connectivity index (χ0) is 28.0. The monoisotopic (exact) mass is 570 g/mol. The average molecular weight is 571 g/mol. The van der Waals surface area contributed by atoms with E-state index in [-0.39, 0.29) is 19.8 Å². The maximum absolute atomic E-state index is 11.4. The third-order valence-corrected chi connectivity index (χ3v) is 7.75. The van der Waals surface area contributed by atoms with Gasteiger partial charge >= 0.3 is 41.5 Å². The lowest BCUT2D eigenvalue weighted by Crippen LogP contribution is -2.75. The molecule has 0 aliphatic carbocycles. The van der Waals surface area contributed by atoms with Crippen molar-refractivity contribution < 1.29 is 88.7 Å². The second-order valence-electron chi connectivity index (χ2n) is 6.60. The standard InChI is InChI=1S/C6H12O16S3.C6H14O3/c7-1-2(8)3(9)5(12,23(13,14)15)6(4(10)11,24(16,17)18)22-25(19,20)21;1-2-6(3-7,4-8)5-9/h2-3,7-9,12H,1H2,(H,10,11)(H,13,14,15)(H,16,17,18)(H,19,20,21);7-9H,2-5H2,1H3. The van der Waals surface area contributed by atoms with Gasteiger partial charge in [0.25, 0.3) is 4.93 Å². The minimum atomic E-state index is -6.79. The minimum absolute atomic E-state index is 0.156. The molecular weight excluding hydrogens is 544 g/mol. The number of aliphatic carboxylic acids is 1. The van der Waals surface area contributed by atoms with Crippen molar-refractivity contribution in [1.29, 1.82) is 0 Å². The number of carboxylic acid groups (broad SMARTS) is 1. The summed E-state index contributed by atoms with van der Waals surface area (Å²) in [6.07, 6.45) is -6.05. The number of hydrogen-bond acceptors (Lipinski definition) is 15. The molecule has 0 saturated heterocycles. The molecule has 34 heavy (non-hydrogen) atoms. The Morgan fingerprint density at radius 2 is 1.24 bits per heavy atom. The quantitative estimate of drug-likeness (QED) is 0.0917. The fourth-order valence-electron chi connectivity index (χ4n) is 2.10. The highest BCUT2D eigenvalue weighted by Crippen LogP contribution is 2.41. The summed E-state index contributed by atoms with van der Waals surface area (Å²) in [6.45, 7) is -0.349. The fraction of sp³-hybridized carbons (Fsp3) is 0.917. The lowest BCUT2D eigenvalue weighted by Gasteiger charge is -2.40. The van der Waals surface area contributed by atoms with Crippen molar-refractivity contribution in [2.24, 2.45) is 5.41 Å². The first-order valence-corrected chi connectivity index (χ1v) is 12.7. The molecular formula is C12H26O19S3. The molecule has 11 N–H and O–H groups in total. The SMILES string of the molecule is CCC(CO)(CO)CO.O=C(O)C(OS(=O)(=O)O)(C(O)(C(O)C(O)CO)S(=O)(=O)O)S(=O)(=O)O. The molecule has 0 amide bonds. The van der Waals surface area contributed by atoms with Crippen LogP contribution in [0.1, 0.15) is 13.3 Å². The first-order chi connectivity index (χ1) is 15.0. The van der Waals surface area contributed by atoms with E-state index >= 15 is 0 Å². The zero-order valence-corrected chi connectivity index (χ0v) is 19.5. The van der Waals surface area contributed by atoms with Gasteiger partial charge in [-0.15, -0.1) is 0 Å². The Bertz CT molecular complexity index is 966. The Kier molecular flexibility index (Phi) is 12.6. The summed E-state index contributed by atoms with van der Waals surface area (Å²) in [5.74, 6) is -3.38. The highest BCUT2D eigenvalue weighted by atomic mass is 32.3. The topological polar surface area (TPSA) is 351 Å². The van der Waals surface area contributed by atoms with E-state index in [1.165, 1.54) is 0 Å². The van der Waals surface area contributed by atoms with Gasteiger partial charge in [0.05, 0.1) is 26.4 Å². The number of rotatable bonds is 13. The molecule has 19 nitrogen and oxygen atoms in total. The molecule has 0 rings (SSSR count). The Labute approximate surface area is 192 Å². The molecule has 0 spiro atoms. The Morgan fingerprint density at radius 3 is 1.38 bits per heavy atom. The summed E-state index contributed by atoms with van der Waals surface area (Å²) < 4.78 is 96.5. The second kappa shape index (κ2) is 12.2. The van der Waals surface area contributed by atoms with E-state index in [0.717, 1.165) is 0 Å². The van der Waals surface area contributed by atoms with Gasteiger partial charge in [-0.3, -0.25) is 13.7 Å². The fourth-order valence-corrected chi connectivity index (χ4v) is 5.52. The normalized spacial score (nSPS) is 18.6. The number of carboxylic acids is 1. The van der Waals surface area contributed by atoms with Crippen LogP contribution in [-0.2, 0) is 39.6 Å². The van der Waals surface area contributed by atoms with Crippen LogP contribution < -0.4 is 0 Å². The lowest BCUT2D eigenvalue weighted by atomic mass is 9.88. The van der Waals surface area contributed by atoms with Crippen LogP contribution in [0.4, 0.5) is 0 Å². The smallest absolute Gasteiger partial charge is 0.399 e. The molecule has 0 fully saturated rings. The molecule has 0 aromatic carbocycles. The number of hydrogen-bond donors (Lipinski definition) is 11. The number of aliphatic hydroxyl groups is 7. The molecule has 4 unspecified atom stereocenters. The van der Waals surface area contributed by atoms with Gasteiger partial charge in [0.1, 0.15) is 12.2 Å². The van der Waals surface area contributed by atoms with Crippen molar-refractivity contribution in [2.75, 3.05) is 26.4 Å². The van der Waals surface area contributed by atoms with Gasteiger partial charge in [0.2, 0.25) is 0 Å². The van der Waals surface area contributed by atoms with Crippen molar-refractivity contribution in [3.05, 3.63) is 0 Å². The van der Waals surface area contributed by atoms with E-state index in [1.54, 1.807) is 0 Å². The molecule has 0 bridgehead atoms. The first-order valence-electron chi connectivity index (χ1n) is 8.41. The number of carbonyl (C=O) groups is 1. The third-order valence-electron chi connectivity index (χ3n) is 4.44. The van der Waals surface area contributed by atoms with Crippen molar-refractivity contribution in [3.63, 3.8) is 0 Å². The van der Waals surface area contributed by atoms with Crippen LogP contribution in [0.25, 0.3) is 0 Å². The van der Waals surface area contributed by atoms with Crippen LogP contribution in [0.15, 0.2) is 0 Å². The van der Waals surface area contributed by atoms with Crippen molar-refractivity contribution in [3.8, 4) is 0 Å². The van der Waals surface area contributed by atoms with Crippen LogP contribution >= 0.6 is 0 Å². The predicted octanol–water partition coefficient (Wildman–Crippen LogP) is -5.88. The van der Waals surface area contributed by atoms with Crippen LogP contribution in [-0.4, -0.2) is 134 Å². The zero-order valence-electron chi connectivity index (χ0n) is 17.1. The predicted molar refractivity (Wildman–Crippen MR) is 104 cm³/mol. The van der Waals surface area contributed by atoms with E-state index in [0.29, 0.717) is 6.42 Å². The van der Waals surface area contributed by atoms with Crippen LogP contribution in [0.3, 0.4) is 0 Å². The maximum Gasteiger partial charge on any atom is 0.399 e. The molecule has 22 heteroatoms. The second-order valence-corrected chi connectivity index (χ2v) is 10.7. The third kappa shape index (κ3) is 7.20. The molecule has 0 aliphatic heterocycles. The Balaban J connectivity index is 0.